The third-order valence-electron chi connectivity index (χ3n) is 6.05. The number of aliphatic imine (C=N–C) groups is 1. The fourth-order valence-corrected chi connectivity index (χ4v) is 4.88. The molecule has 0 atom stereocenters. The van der Waals surface area contributed by atoms with Gasteiger partial charge in [0.15, 0.2) is 0 Å². The number of aromatic nitrogens is 2. The molecule has 2 aromatic heterocycles. The molecule has 0 spiro atoms. The van der Waals surface area contributed by atoms with Gasteiger partial charge >= 0.3 is 0 Å². The van der Waals surface area contributed by atoms with Gasteiger partial charge in [-0.1, -0.05) is 48.5 Å². The number of nitrogens with one attached hydrogen (secondary N) is 1. The van der Waals surface area contributed by atoms with Crippen LogP contribution < -0.4 is 0 Å². The van der Waals surface area contributed by atoms with Gasteiger partial charge in [-0.3, -0.25) is 4.99 Å². The standard InChI is InChI=1S/C25H21N3/c1-2-28-21-12-6-4-9-18(21)23-19(10-7-13-22(23)28)24-25-17(14-15-26-24)16-8-3-5-11-20(16)27-25/h3-13,27H,2,14-15H2,1H3. The Labute approximate surface area is 163 Å². The molecule has 1 aliphatic heterocycles. The Balaban J connectivity index is 1.70. The highest BCUT2D eigenvalue weighted by Crippen LogP contribution is 2.35. The number of aromatic amines is 1. The van der Waals surface area contributed by atoms with Gasteiger partial charge < -0.3 is 9.55 Å². The second-order valence-electron chi connectivity index (χ2n) is 7.47. The fraction of sp³-hybridized carbons (Fsp3) is 0.160. The van der Waals surface area contributed by atoms with Crippen LogP contribution in [0.1, 0.15) is 23.7 Å². The van der Waals surface area contributed by atoms with E-state index in [1.807, 2.05) is 0 Å². The number of aryl methyl sites for hydroxylation is 1. The lowest BCUT2D eigenvalue weighted by atomic mass is 9.95. The maximum Gasteiger partial charge on any atom is 0.0891 e. The Morgan fingerprint density at radius 1 is 0.893 bits per heavy atom. The molecule has 28 heavy (non-hydrogen) atoms. The van der Waals surface area contributed by atoms with Gasteiger partial charge in [0.1, 0.15) is 0 Å². The van der Waals surface area contributed by atoms with Crippen molar-refractivity contribution in [1.82, 2.24) is 9.55 Å². The van der Waals surface area contributed by atoms with Crippen molar-refractivity contribution in [2.75, 3.05) is 6.54 Å². The molecule has 6 rings (SSSR count). The van der Waals surface area contributed by atoms with Crippen molar-refractivity contribution in [2.24, 2.45) is 4.99 Å². The molecule has 3 heteroatoms. The molecule has 1 N–H and O–H groups in total. The average Bonchev–Trinajstić information content (AvgIpc) is 3.29. The molecule has 136 valence electrons. The van der Waals surface area contributed by atoms with Crippen LogP contribution in [0.15, 0.2) is 71.7 Å². The van der Waals surface area contributed by atoms with Gasteiger partial charge in [0, 0.05) is 51.4 Å². The summed E-state index contributed by atoms with van der Waals surface area (Å²) in [5.74, 6) is 0. The van der Waals surface area contributed by atoms with E-state index in [2.05, 4.69) is 83.2 Å². The molecule has 1 aliphatic rings. The van der Waals surface area contributed by atoms with Crippen molar-refractivity contribution in [3.05, 3.63) is 83.6 Å². The van der Waals surface area contributed by atoms with E-state index in [-0.39, 0.29) is 0 Å². The van der Waals surface area contributed by atoms with Crippen LogP contribution in [0.3, 0.4) is 0 Å². The quantitative estimate of drug-likeness (QED) is 0.418. The number of benzene rings is 3. The predicted molar refractivity (Wildman–Crippen MR) is 118 cm³/mol. The van der Waals surface area contributed by atoms with Crippen LogP contribution in [0, 0.1) is 0 Å². The lowest BCUT2D eigenvalue weighted by Gasteiger charge is -2.15. The zero-order chi connectivity index (χ0) is 18.7. The van der Waals surface area contributed by atoms with Crippen LogP contribution in [0.5, 0.6) is 0 Å². The summed E-state index contributed by atoms with van der Waals surface area (Å²) in [6, 6.07) is 24.0. The van der Waals surface area contributed by atoms with Crippen LogP contribution >= 0.6 is 0 Å². The summed E-state index contributed by atoms with van der Waals surface area (Å²) in [4.78, 5) is 8.67. The lowest BCUT2D eigenvalue weighted by Crippen LogP contribution is -2.14. The molecule has 3 nitrogen and oxygen atoms in total. The van der Waals surface area contributed by atoms with Crippen molar-refractivity contribution in [3.63, 3.8) is 0 Å². The normalized spacial score (nSPS) is 14.0. The fourth-order valence-electron chi connectivity index (χ4n) is 4.88. The zero-order valence-corrected chi connectivity index (χ0v) is 15.9. The Hall–Kier alpha value is -3.33. The summed E-state index contributed by atoms with van der Waals surface area (Å²) >= 11 is 0. The summed E-state index contributed by atoms with van der Waals surface area (Å²) in [6.07, 6.45) is 0.996. The molecule has 0 unspecified atom stereocenters. The van der Waals surface area contributed by atoms with Gasteiger partial charge in [0.2, 0.25) is 0 Å². The van der Waals surface area contributed by atoms with Gasteiger partial charge in [-0.2, -0.15) is 0 Å². The monoisotopic (exact) mass is 363 g/mol. The van der Waals surface area contributed by atoms with E-state index >= 15 is 0 Å². The van der Waals surface area contributed by atoms with Crippen LogP contribution in [-0.4, -0.2) is 21.8 Å². The first kappa shape index (κ1) is 15.7. The van der Waals surface area contributed by atoms with E-state index in [9.17, 15) is 0 Å². The summed E-state index contributed by atoms with van der Waals surface area (Å²) < 4.78 is 2.41. The van der Waals surface area contributed by atoms with E-state index in [0.29, 0.717) is 0 Å². The van der Waals surface area contributed by atoms with Crippen LogP contribution in [0.25, 0.3) is 32.7 Å². The zero-order valence-electron chi connectivity index (χ0n) is 15.9. The molecule has 0 saturated carbocycles. The van der Waals surface area contributed by atoms with Gasteiger partial charge in [0.05, 0.1) is 11.4 Å². The summed E-state index contributed by atoms with van der Waals surface area (Å²) in [5.41, 5.74) is 8.69. The van der Waals surface area contributed by atoms with Crippen LogP contribution in [0.4, 0.5) is 0 Å². The third kappa shape index (κ3) is 2.02. The van der Waals surface area contributed by atoms with E-state index < -0.39 is 0 Å². The number of H-pyrrole nitrogens is 1. The highest BCUT2D eigenvalue weighted by molar-refractivity contribution is 6.26. The molecule has 3 heterocycles. The van der Waals surface area contributed by atoms with Gasteiger partial charge in [-0.25, -0.2) is 0 Å². The van der Waals surface area contributed by atoms with Gasteiger partial charge in [0.25, 0.3) is 0 Å². The van der Waals surface area contributed by atoms with E-state index in [0.717, 1.165) is 25.2 Å². The van der Waals surface area contributed by atoms with E-state index in [1.54, 1.807) is 0 Å². The molecule has 0 radical (unpaired) electrons. The number of fused-ring (bicyclic) bond motifs is 6. The number of para-hydroxylation sites is 2. The number of rotatable bonds is 2. The van der Waals surface area contributed by atoms with Gasteiger partial charge in [-0.05, 0) is 37.1 Å². The van der Waals surface area contributed by atoms with E-state index in [1.165, 1.54) is 49.5 Å². The summed E-state index contributed by atoms with van der Waals surface area (Å²) in [7, 11) is 0. The molecule has 0 aliphatic carbocycles. The topological polar surface area (TPSA) is 33.1 Å². The maximum atomic E-state index is 5.00. The minimum Gasteiger partial charge on any atom is -0.353 e. The lowest BCUT2D eigenvalue weighted by molar-refractivity contribution is 0.827. The van der Waals surface area contributed by atoms with Crippen molar-refractivity contribution in [2.45, 2.75) is 19.9 Å². The Kier molecular flexibility index (Phi) is 3.27. The predicted octanol–water partition coefficient (Wildman–Crippen LogP) is 5.69. The first-order chi connectivity index (χ1) is 13.9. The Bertz CT molecular complexity index is 1400. The molecule has 0 fully saturated rings. The largest absolute Gasteiger partial charge is 0.353 e. The van der Waals surface area contributed by atoms with Crippen molar-refractivity contribution >= 4 is 38.4 Å². The molecular formula is C25H21N3. The highest BCUT2D eigenvalue weighted by atomic mass is 15.0. The van der Waals surface area contributed by atoms with Crippen LogP contribution in [0.2, 0.25) is 0 Å². The van der Waals surface area contributed by atoms with Crippen molar-refractivity contribution < 1.29 is 0 Å². The molecule has 0 bridgehead atoms. The first-order valence-electron chi connectivity index (χ1n) is 10.0. The number of hydrogen-bond acceptors (Lipinski definition) is 1. The molecule has 0 amide bonds. The molecule has 5 aromatic rings. The second kappa shape index (κ2) is 5.83. The molecule has 3 aromatic carbocycles. The second-order valence-corrected chi connectivity index (χ2v) is 7.47. The minimum atomic E-state index is 0.840. The van der Waals surface area contributed by atoms with E-state index in [4.69, 9.17) is 4.99 Å². The number of nitrogens with zero attached hydrogens (tertiary/aromatic N) is 2. The summed E-state index contributed by atoms with van der Waals surface area (Å²) in [5, 5.41) is 3.94. The van der Waals surface area contributed by atoms with Gasteiger partial charge in [-0.15, -0.1) is 0 Å². The Morgan fingerprint density at radius 3 is 2.57 bits per heavy atom. The SMILES string of the molecule is CCn1c2ccccc2c2c(C3=NCCc4c3[nH]c3ccccc43)cccc21. The smallest absolute Gasteiger partial charge is 0.0891 e. The minimum absolute atomic E-state index is 0.840. The Morgan fingerprint density at radius 2 is 1.68 bits per heavy atom. The third-order valence-corrected chi connectivity index (χ3v) is 6.05. The summed E-state index contributed by atoms with van der Waals surface area (Å²) in [6.45, 7) is 4.01. The molecule has 0 saturated heterocycles. The van der Waals surface area contributed by atoms with Crippen LogP contribution in [-0.2, 0) is 13.0 Å². The van der Waals surface area contributed by atoms with Crippen molar-refractivity contribution in [3.8, 4) is 0 Å². The van der Waals surface area contributed by atoms with Crippen molar-refractivity contribution in [1.29, 1.82) is 0 Å². The maximum absolute atomic E-state index is 5.00. The molecular weight excluding hydrogens is 342 g/mol. The first-order valence-corrected chi connectivity index (χ1v) is 10.0. The number of hydrogen-bond donors (Lipinski definition) is 1. The average molecular weight is 363 g/mol. The highest BCUT2D eigenvalue weighted by Gasteiger charge is 2.23.